The first kappa shape index (κ1) is 74.1. The Balaban J connectivity index is 4.21. The van der Waals surface area contributed by atoms with Crippen molar-refractivity contribution in [3.8, 4) is 0 Å². The molecule has 6 nitrogen and oxygen atoms in total. The maximum atomic E-state index is 12.9. The summed E-state index contributed by atoms with van der Waals surface area (Å²) in [7, 11) is 0. The number of carbonyl (C=O) groups is 3. The maximum Gasteiger partial charge on any atom is 0.306 e. The number of carbonyl (C=O) groups excluding carboxylic acids is 3. The van der Waals surface area contributed by atoms with E-state index in [1.54, 1.807) is 0 Å². The molecule has 0 aromatic rings. The summed E-state index contributed by atoms with van der Waals surface area (Å²) < 4.78 is 16.9. The van der Waals surface area contributed by atoms with E-state index in [9.17, 15) is 14.4 Å². The fraction of sp³-hybridized carbons (Fsp3) is 0.817. The molecule has 0 aliphatic carbocycles. The molecule has 1 unspecified atom stereocenters. The summed E-state index contributed by atoms with van der Waals surface area (Å²) in [4.78, 5) is 38.3. The van der Waals surface area contributed by atoms with E-state index >= 15 is 0 Å². The van der Waals surface area contributed by atoms with Gasteiger partial charge in [0.2, 0.25) is 0 Å². The highest BCUT2D eigenvalue weighted by molar-refractivity contribution is 5.71. The lowest BCUT2D eigenvalue weighted by Gasteiger charge is -2.18. The number of rotatable bonds is 62. The molecule has 0 aliphatic rings. The van der Waals surface area contributed by atoms with Gasteiger partial charge < -0.3 is 14.2 Å². The Morgan fingerprint density at radius 2 is 0.481 bits per heavy atom. The van der Waals surface area contributed by atoms with Crippen molar-refractivity contribution in [1.82, 2.24) is 0 Å². The Morgan fingerprint density at radius 1 is 0.260 bits per heavy atom. The van der Waals surface area contributed by atoms with Crippen molar-refractivity contribution in [3.63, 3.8) is 0 Å². The first-order chi connectivity index (χ1) is 38.0. The second-order valence-electron chi connectivity index (χ2n) is 22.7. The first-order valence-electron chi connectivity index (χ1n) is 33.8. The van der Waals surface area contributed by atoms with Gasteiger partial charge in [-0.2, -0.15) is 0 Å². The van der Waals surface area contributed by atoms with Gasteiger partial charge in [0.15, 0.2) is 6.10 Å². The molecule has 0 fully saturated rings. The van der Waals surface area contributed by atoms with Crippen LogP contribution in [0.4, 0.5) is 0 Å². The van der Waals surface area contributed by atoms with Crippen LogP contribution in [0.1, 0.15) is 355 Å². The van der Waals surface area contributed by atoms with Crippen molar-refractivity contribution in [2.45, 2.75) is 361 Å². The minimum atomic E-state index is -0.780. The van der Waals surface area contributed by atoms with Crippen molar-refractivity contribution in [2.24, 2.45) is 0 Å². The highest BCUT2D eigenvalue weighted by Gasteiger charge is 2.19. The molecule has 1 atom stereocenters. The summed E-state index contributed by atoms with van der Waals surface area (Å²) in [6.07, 6.45) is 83.9. The number of unbranched alkanes of at least 4 members (excludes halogenated alkanes) is 41. The molecule has 0 bridgehead atoms. The number of hydrogen-bond donors (Lipinski definition) is 0. The van der Waals surface area contributed by atoms with Crippen molar-refractivity contribution in [1.29, 1.82) is 0 Å². The second-order valence-corrected chi connectivity index (χ2v) is 22.7. The topological polar surface area (TPSA) is 78.9 Å². The fourth-order valence-electron chi connectivity index (χ4n) is 9.84. The van der Waals surface area contributed by atoms with Gasteiger partial charge in [0.25, 0.3) is 0 Å². The van der Waals surface area contributed by atoms with E-state index in [0.717, 1.165) is 77.0 Å². The van der Waals surface area contributed by atoms with E-state index in [-0.39, 0.29) is 31.1 Å². The molecular formula is C71H128O6. The molecule has 0 N–H and O–H groups in total. The van der Waals surface area contributed by atoms with Gasteiger partial charge in [-0.05, 0) is 103 Å². The van der Waals surface area contributed by atoms with E-state index in [2.05, 4.69) is 81.5 Å². The van der Waals surface area contributed by atoms with Crippen LogP contribution in [0.15, 0.2) is 60.8 Å². The minimum Gasteiger partial charge on any atom is -0.462 e. The fourth-order valence-corrected chi connectivity index (χ4v) is 9.84. The molecule has 0 heterocycles. The lowest BCUT2D eigenvalue weighted by atomic mass is 10.0. The molecule has 0 spiro atoms. The quantitative estimate of drug-likeness (QED) is 0.0261. The van der Waals surface area contributed by atoms with Gasteiger partial charge in [-0.1, -0.05) is 293 Å². The third kappa shape index (κ3) is 63.8. The molecule has 0 saturated carbocycles. The monoisotopic (exact) mass is 1080 g/mol. The van der Waals surface area contributed by atoms with E-state index in [4.69, 9.17) is 14.2 Å². The first-order valence-corrected chi connectivity index (χ1v) is 33.8. The van der Waals surface area contributed by atoms with Crippen molar-refractivity contribution >= 4 is 17.9 Å². The van der Waals surface area contributed by atoms with E-state index in [0.29, 0.717) is 19.3 Å². The van der Waals surface area contributed by atoms with Crippen LogP contribution >= 0.6 is 0 Å². The standard InChI is InChI=1S/C71H128O6/c1-4-7-10-13-16-19-22-24-26-28-30-32-33-34-35-36-37-39-40-42-44-46-49-52-55-58-61-64-70(73)76-67-68(66-75-69(72)63-60-57-54-51-48-21-18-15-12-9-6-3)77-71(74)65-62-59-56-53-50-47-45-43-41-38-31-29-27-25-23-20-17-14-11-8-5-2/h15,18,22-25,28-31,68H,4-14,16-17,19-21,26-27,32-67H2,1-3H3/b18-15-,24-22-,25-23-,30-28-,31-29-. The average molecular weight is 1080 g/mol. The van der Waals surface area contributed by atoms with Gasteiger partial charge in [0.1, 0.15) is 13.2 Å². The molecule has 0 amide bonds. The average Bonchev–Trinajstić information content (AvgIpc) is 3.43. The molecule has 0 saturated heterocycles. The zero-order valence-corrected chi connectivity index (χ0v) is 51.5. The van der Waals surface area contributed by atoms with E-state index in [1.165, 1.54) is 238 Å². The Morgan fingerprint density at radius 3 is 0.766 bits per heavy atom. The lowest BCUT2D eigenvalue weighted by Crippen LogP contribution is -2.30. The zero-order chi connectivity index (χ0) is 55.7. The highest BCUT2D eigenvalue weighted by atomic mass is 16.6. The number of hydrogen-bond acceptors (Lipinski definition) is 6. The van der Waals surface area contributed by atoms with Gasteiger partial charge in [0.05, 0.1) is 0 Å². The largest absolute Gasteiger partial charge is 0.462 e. The lowest BCUT2D eigenvalue weighted by molar-refractivity contribution is -0.167. The van der Waals surface area contributed by atoms with E-state index in [1.807, 2.05) is 0 Å². The maximum absolute atomic E-state index is 12.9. The predicted octanol–water partition coefficient (Wildman–Crippen LogP) is 23.1. The molecule has 77 heavy (non-hydrogen) atoms. The van der Waals surface area contributed by atoms with Crippen LogP contribution in [-0.4, -0.2) is 37.2 Å². The molecule has 0 aliphatic heterocycles. The van der Waals surface area contributed by atoms with Crippen LogP contribution in [-0.2, 0) is 28.6 Å². The van der Waals surface area contributed by atoms with Crippen LogP contribution in [0.3, 0.4) is 0 Å². The number of ether oxygens (including phenoxy) is 3. The van der Waals surface area contributed by atoms with Crippen molar-refractivity contribution in [3.05, 3.63) is 60.8 Å². The summed E-state index contributed by atoms with van der Waals surface area (Å²) in [6, 6.07) is 0. The van der Waals surface area contributed by atoms with Crippen LogP contribution in [0.2, 0.25) is 0 Å². The van der Waals surface area contributed by atoms with Crippen LogP contribution in [0.5, 0.6) is 0 Å². The van der Waals surface area contributed by atoms with Crippen LogP contribution < -0.4 is 0 Å². The van der Waals surface area contributed by atoms with Gasteiger partial charge in [-0.25, -0.2) is 0 Å². The molecule has 0 aromatic heterocycles. The summed E-state index contributed by atoms with van der Waals surface area (Å²) in [5.41, 5.74) is 0. The number of allylic oxidation sites excluding steroid dienone is 10. The van der Waals surface area contributed by atoms with Gasteiger partial charge in [-0.3, -0.25) is 14.4 Å². The Bertz CT molecular complexity index is 1380. The Labute approximate surface area is 479 Å². The Kier molecular flexibility index (Phi) is 63.2. The van der Waals surface area contributed by atoms with Gasteiger partial charge in [-0.15, -0.1) is 0 Å². The minimum absolute atomic E-state index is 0.0761. The van der Waals surface area contributed by atoms with Crippen LogP contribution in [0, 0.1) is 0 Å². The number of esters is 3. The molecule has 0 rings (SSSR count). The molecule has 6 heteroatoms. The molecule has 0 aromatic carbocycles. The van der Waals surface area contributed by atoms with Crippen LogP contribution in [0.25, 0.3) is 0 Å². The third-order valence-corrected chi connectivity index (χ3v) is 15.0. The molecular weight excluding hydrogens is 949 g/mol. The predicted molar refractivity (Wildman–Crippen MR) is 335 cm³/mol. The summed E-state index contributed by atoms with van der Waals surface area (Å²) in [6.45, 7) is 6.62. The molecule has 0 radical (unpaired) electrons. The van der Waals surface area contributed by atoms with E-state index < -0.39 is 6.10 Å². The summed E-state index contributed by atoms with van der Waals surface area (Å²) in [5.74, 6) is -0.873. The van der Waals surface area contributed by atoms with Crippen molar-refractivity contribution < 1.29 is 28.6 Å². The van der Waals surface area contributed by atoms with Crippen molar-refractivity contribution in [2.75, 3.05) is 13.2 Å². The summed E-state index contributed by atoms with van der Waals surface area (Å²) in [5, 5.41) is 0. The summed E-state index contributed by atoms with van der Waals surface area (Å²) >= 11 is 0. The zero-order valence-electron chi connectivity index (χ0n) is 51.5. The highest BCUT2D eigenvalue weighted by Crippen LogP contribution is 2.17. The third-order valence-electron chi connectivity index (χ3n) is 15.0. The molecule has 448 valence electrons. The smallest absolute Gasteiger partial charge is 0.306 e. The SMILES string of the molecule is CCCC/C=C\CCCCCCCC(=O)OCC(COC(=O)CCCCCCCCCCCCCCCCC/C=C\C/C=C\CCCCCCC)OC(=O)CCCCCCCCCCC/C=C\C/C=C\CCCCCCC. The second kappa shape index (κ2) is 65.6. The van der Waals surface area contributed by atoms with Gasteiger partial charge >= 0.3 is 17.9 Å². The Hall–Kier alpha value is -2.89. The normalized spacial score (nSPS) is 12.4. The van der Waals surface area contributed by atoms with Gasteiger partial charge in [0, 0.05) is 19.3 Å².